The lowest BCUT2D eigenvalue weighted by atomic mass is 9.96. The zero-order valence-corrected chi connectivity index (χ0v) is 16.0. The second-order valence-corrected chi connectivity index (χ2v) is 7.14. The molecule has 0 heterocycles. The van der Waals surface area contributed by atoms with Gasteiger partial charge < -0.3 is 20.3 Å². The Morgan fingerprint density at radius 2 is 1.55 bits per heavy atom. The molecule has 7 nitrogen and oxygen atoms in total. The fourth-order valence-electron chi connectivity index (χ4n) is 3.79. The van der Waals surface area contributed by atoms with Crippen LogP contribution in [0.2, 0.25) is 0 Å². The van der Waals surface area contributed by atoms with E-state index in [9.17, 15) is 19.5 Å². The molecule has 2 unspecified atom stereocenters. The van der Waals surface area contributed by atoms with Crippen molar-refractivity contribution in [1.29, 1.82) is 0 Å². The number of carbonyl (C=O) groups excluding carboxylic acids is 1. The molecule has 0 saturated heterocycles. The average Bonchev–Trinajstić information content (AvgIpc) is 3.00. The maximum absolute atomic E-state index is 12.3. The van der Waals surface area contributed by atoms with Gasteiger partial charge in [-0.05, 0) is 35.6 Å². The largest absolute Gasteiger partial charge is 0.481 e. The van der Waals surface area contributed by atoms with Gasteiger partial charge in [-0.1, -0.05) is 48.5 Å². The van der Waals surface area contributed by atoms with Crippen molar-refractivity contribution >= 4 is 18.0 Å². The van der Waals surface area contributed by atoms with Crippen molar-refractivity contribution in [1.82, 2.24) is 5.32 Å². The van der Waals surface area contributed by atoms with Crippen molar-refractivity contribution in [2.45, 2.75) is 31.7 Å². The van der Waals surface area contributed by atoms with Gasteiger partial charge in [-0.25, -0.2) is 4.79 Å². The van der Waals surface area contributed by atoms with Crippen LogP contribution in [0.5, 0.6) is 0 Å². The predicted octanol–water partition coefficient (Wildman–Crippen LogP) is 3.48. The summed E-state index contributed by atoms with van der Waals surface area (Å²) in [4.78, 5) is 34.4. The molecule has 152 valence electrons. The van der Waals surface area contributed by atoms with Crippen LogP contribution in [0.4, 0.5) is 4.79 Å². The second-order valence-electron chi connectivity index (χ2n) is 7.14. The number of aliphatic carboxylic acids is 2. The van der Waals surface area contributed by atoms with Gasteiger partial charge in [0.2, 0.25) is 0 Å². The lowest BCUT2D eigenvalue weighted by molar-refractivity contribution is -0.143. The molecule has 1 amide bonds. The molecule has 1 aliphatic rings. The lowest BCUT2D eigenvalue weighted by Crippen LogP contribution is -2.42. The van der Waals surface area contributed by atoms with Gasteiger partial charge in [0, 0.05) is 18.4 Å². The number of hydrogen-bond donors (Lipinski definition) is 3. The first kappa shape index (κ1) is 20.4. The molecule has 3 N–H and O–H groups in total. The summed E-state index contributed by atoms with van der Waals surface area (Å²) in [6, 6.07) is 15.2. The number of amides is 1. The molecule has 2 aromatic rings. The molecule has 2 atom stereocenters. The van der Waals surface area contributed by atoms with E-state index in [2.05, 4.69) is 5.32 Å². The van der Waals surface area contributed by atoms with Gasteiger partial charge in [-0.3, -0.25) is 9.59 Å². The van der Waals surface area contributed by atoms with Gasteiger partial charge >= 0.3 is 18.0 Å². The number of carboxylic acids is 2. The molecular formula is C22H23NO6. The molecule has 0 bridgehead atoms. The molecular weight excluding hydrogens is 374 g/mol. The first-order chi connectivity index (χ1) is 13.9. The Morgan fingerprint density at radius 3 is 2.07 bits per heavy atom. The summed E-state index contributed by atoms with van der Waals surface area (Å²) < 4.78 is 5.41. The van der Waals surface area contributed by atoms with Crippen molar-refractivity contribution in [3.63, 3.8) is 0 Å². The standard InChI is InChI=1S/C22H23NO6/c1-13(14(21(26)27)10-11-20(24)25)23-22(28)29-12-19-17-8-4-2-6-15(17)16-7-3-5-9-18(16)19/h2-9,13-14,19H,10-12H2,1H3,(H,23,28)(H,24,25)(H,26,27). The van der Waals surface area contributed by atoms with Gasteiger partial charge in [0.05, 0.1) is 5.92 Å². The van der Waals surface area contributed by atoms with E-state index in [1.807, 2.05) is 48.5 Å². The summed E-state index contributed by atoms with van der Waals surface area (Å²) >= 11 is 0. The zero-order valence-electron chi connectivity index (χ0n) is 16.0. The highest BCUT2D eigenvalue weighted by atomic mass is 16.5. The normalized spacial score (nSPS) is 14.4. The van der Waals surface area contributed by atoms with Gasteiger partial charge in [-0.2, -0.15) is 0 Å². The van der Waals surface area contributed by atoms with E-state index in [0.29, 0.717) is 0 Å². The molecule has 29 heavy (non-hydrogen) atoms. The highest BCUT2D eigenvalue weighted by Crippen LogP contribution is 2.44. The van der Waals surface area contributed by atoms with Crippen LogP contribution in [-0.2, 0) is 14.3 Å². The minimum absolute atomic E-state index is 0.0739. The van der Waals surface area contributed by atoms with Crippen LogP contribution < -0.4 is 5.32 Å². The average molecular weight is 397 g/mol. The van der Waals surface area contributed by atoms with Gasteiger partial charge in [0.15, 0.2) is 0 Å². The summed E-state index contributed by atoms with van der Waals surface area (Å²) in [6.07, 6.45) is -1.08. The lowest BCUT2D eigenvalue weighted by Gasteiger charge is -2.21. The van der Waals surface area contributed by atoms with Gasteiger partial charge in [0.1, 0.15) is 6.61 Å². The van der Waals surface area contributed by atoms with Crippen LogP contribution >= 0.6 is 0 Å². The molecule has 0 aromatic heterocycles. The third kappa shape index (κ3) is 4.56. The van der Waals surface area contributed by atoms with E-state index < -0.39 is 30.0 Å². The minimum atomic E-state index is -1.15. The van der Waals surface area contributed by atoms with Crippen LogP contribution in [0.3, 0.4) is 0 Å². The number of benzene rings is 2. The Labute approximate surface area is 168 Å². The van der Waals surface area contributed by atoms with E-state index in [-0.39, 0.29) is 25.4 Å². The third-order valence-corrected chi connectivity index (χ3v) is 5.28. The summed E-state index contributed by atoms with van der Waals surface area (Å²) in [5, 5.41) is 20.6. The smallest absolute Gasteiger partial charge is 0.407 e. The Kier molecular flexibility index (Phi) is 6.16. The highest BCUT2D eigenvalue weighted by Gasteiger charge is 2.30. The first-order valence-electron chi connectivity index (χ1n) is 9.44. The Morgan fingerprint density at radius 1 is 1.00 bits per heavy atom. The van der Waals surface area contributed by atoms with E-state index >= 15 is 0 Å². The van der Waals surface area contributed by atoms with Crippen molar-refractivity contribution in [3.8, 4) is 11.1 Å². The van der Waals surface area contributed by atoms with Crippen LogP contribution in [0.1, 0.15) is 36.8 Å². The highest BCUT2D eigenvalue weighted by molar-refractivity contribution is 5.79. The quantitative estimate of drug-likeness (QED) is 0.629. The van der Waals surface area contributed by atoms with E-state index in [0.717, 1.165) is 22.3 Å². The number of ether oxygens (including phenoxy) is 1. The molecule has 7 heteroatoms. The van der Waals surface area contributed by atoms with Crippen LogP contribution in [0.15, 0.2) is 48.5 Å². The fourth-order valence-corrected chi connectivity index (χ4v) is 3.79. The second kappa shape index (κ2) is 8.77. The van der Waals surface area contributed by atoms with Crippen molar-refractivity contribution in [2.24, 2.45) is 5.92 Å². The van der Waals surface area contributed by atoms with Crippen molar-refractivity contribution in [3.05, 3.63) is 59.7 Å². The fraction of sp³-hybridized carbons (Fsp3) is 0.318. The van der Waals surface area contributed by atoms with Crippen LogP contribution in [0.25, 0.3) is 11.1 Å². The summed E-state index contributed by atoms with van der Waals surface area (Å²) in [6.45, 7) is 1.65. The minimum Gasteiger partial charge on any atom is -0.481 e. The number of carbonyl (C=O) groups is 3. The predicted molar refractivity (Wildman–Crippen MR) is 106 cm³/mol. The number of nitrogens with one attached hydrogen (secondary N) is 1. The zero-order chi connectivity index (χ0) is 21.0. The van der Waals surface area contributed by atoms with E-state index in [4.69, 9.17) is 9.84 Å². The Hall–Kier alpha value is -3.35. The summed E-state index contributed by atoms with van der Waals surface area (Å²) in [5.41, 5.74) is 4.40. The number of carboxylic acid groups (broad SMARTS) is 2. The molecule has 0 radical (unpaired) electrons. The van der Waals surface area contributed by atoms with Gasteiger partial charge in [-0.15, -0.1) is 0 Å². The van der Waals surface area contributed by atoms with Crippen LogP contribution in [-0.4, -0.2) is 40.9 Å². The Balaban J connectivity index is 1.63. The van der Waals surface area contributed by atoms with E-state index in [1.54, 1.807) is 0 Å². The summed E-state index contributed by atoms with van der Waals surface area (Å²) in [7, 11) is 0. The maximum Gasteiger partial charge on any atom is 0.407 e. The summed E-state index contributed by atoms with van der Waals surface area (Å²) in [5.74, 6) is -3.33. The van der Waals surface area contributed by atoms with Crippen molar-refractivity contribution < 1.29 is 29.3 Å². The number of rotatable bonds is 8. The molecule has 0 spiro atoms. The SMILES string of the molecule is CC(NC(=O)OCC1c2ccccc2-c2ccccc21)C(CCC(=O)O)C(=O)O. The number of hydrogen-bond acceptors (Lipinski definition) is 4. The topological polar surface area (TPSA) is 113 Å². The van der Waals surface area contributed by atoms with E-state index in [1.165, 1.54) is 6.92 Å². The maximum atomic E-state index is 12.3. The number of fused-ring (bicyclic) bond motifs is 3. The Bertz CT molecular complexity index is 880. The molecule has 0 aliphatic heterocycles. The first-order valence-corrected chi connectivity index (χ1v) is 9.44. The molecule has 0 fully saturated rings. The monoisotopic (exact) mass is 397 g/mol. The van der Waals surface area contributed by atoms with Gasteiger partial charge in [0.25, 0.3) is 0 Å². The molecule has 2 aromatic carbocycles. The molecule has 3 rings (SSSR count). The molecule has 1 aliphatic carbocycles. The molecule has 0 saturated carbocycles. The van der Waals surface area contributed by atoms with Crippen molar-refractivity contribution in [2.75, 3.05) is 6.61 Å². The number of alkyl carbamates (subject to hydrolysis) is 1. The third-order valence-electron chi connectivity index (χ3n) is 5.28. The van der Waals surface area contributed by atoms with Crippen LogP contribution in [0, 0.1) is 5.92 Å².